The normalized spacial score (nSPS) is 18.4. The topological polar surface area (TPSA) is 60.9 Å². The minimum absolute atomic E-state index is 0.0118. The van der Waals surface area contributed by atoms with Crippen molar-refractivity contribution in [3.8, 4) is 0 Å². The fourth-order valence-electron chi connectivity index (χ4n) is 3.54. The average Bonchev–Trinajstić information content (AvgIpc) is 2.67. The van der Waals surface area contributed by atoms with E-state index in [-0.39, 0.29) is 23.6 Å². The summed E-state index contributed by atoms with van der Waals surface area (Å²) in [7, 11) is 0. The molecule has 0 aromatic heterocycles. The molecule has 0 spiro atoms. The van der Waals surface area contributed by atoms with Gasteiger partial charge < -0.3 is 14.7 Å². The van der Waals surface area contributed by atoms with E-state index < -0.39 is 0 Å². The van der Waals surface area contributed by atoms with E-state index in [4.69, 9.17) is 0 Å². The van der Waals surface area contributed by atoms with E-state index in [1.807, 2.05) is 30.9 Å². The lowest BCUT2D eigenvalue weighted by Crippen LogP contribution is -2.51. The van der Waals surface area contributed by atoms with Crippen molar-refractivity contribution in [2.24, 2.45) is 5.92 Å². The number of benzene rings is 1. The van der Waals surface area contributed by atoms with Gasteiger partial charge in [-0.2, -0.15) is 0 Å². The summed E-state index contributed by atoms with van der Waals surface area (Å²) < 4.78 is 0. The molecule has 0 bridgehead atoms. The molecule has 2 aliphatic rings. The van der Waals surface area contributed by atoms with E-state index in [1.165, 1.54) is 0 Å². The number of nitrogens with zero attached hydrogens (tertiary/aromatic N) is 3. The zero-order chi connectivity index (χ0) is 18.7. The van der Waals surface area contributed by atoms with Crippen molar-refractivity contribution in [2.75, 3.05) is 37.6 Å². The Morgan fingerprint density at radius 1 is 0.885 bits per heavy atom. The molecule has 2 saturated heterocycles. The molecule has 0 unspecified atom stereocenters. The Kier molecular flexibility index (Phi) is 5.59. The second-order valence-electron chi connectivity index (χ2n) is 7.32. The van der Waals surface area contributed by atoms with Gasteiger partial charge in [0.2, 0.25) is 11.8 Å². The van der Waals surface area contributed by atoms with Gasteiger partial charge in [-0.05, 0) is 37.1 Å². The molecule has 1 aromatic rings. The number of piperidine rings is 1. The Labute approximate surface area is 154 Å². The quantitative estimate of drug-likeness (QED) is 0.833. The molecule has 0 atom stereocenters. The van der Waals surface area contributed by atoms with Crippen molar-refractivity contribution in [3.63, 3.8) is 0 Å². The van der Waals surface area contributed by atoms with Crippen molar-refractivity contribution < 1.29 is 14.4 Å². The van der Waals surface area contributed by atoms with Crippen LogP contribution in [0.5, 0.6) is 0 Å². The highest BCUT2D eigenvalue weighted by atomic mass is 16.2. The molecule has 3 rings (SSSR count). The van der Waals surface area contributed by atoms with Crippen LogP contribution in [-0.2, 0) is 9.59 Å². The molecule has 6 nitrogen and oxygen atoms in total. The molecule has 0 saturated carbocycles. The summed E-state index contributed by atoms with van der Waals surface area (Å²) in [5, 5.41) is 0. The minimum atomic E-state index is -0.0156. The second kappa shape index (κ2) is 7.89. The lowest BCUT2D eigenvalue weighted by atomic mass is 10.1. The first-order valence-corrected chi connectivity index (χ1v) is 9.46. The Morgan fingerprint density at radius 3 is 2.08 bits per heavy atom. The van der Waals surface area contributed by atoms with E-state index in [9.17, 15) is 14.4 Å². The van der Waals surface area contributed by atoms with Crippen LogP contribution in [0.4, 0.5) is 5.69 Å². The van der Waals surface area contributed by atoms with Crippen LogP contribution in [0.15, 0.2) is 24.3 Å². The molecule has 0 aliphatic carbocycles. The smallest absolute Gasteiger partial charge is 0.253 e. The van der Waals surface area contributed by atoms with E-state index in [2.05, 4.69) is 0 Å². The molecular weight excluding hydrogens is 330 g/mol. The maximum Gasteiger partial charge on any atom is 0.253 e. The largest absolute Gasteiger partial charge is 0.339 e. The first-order chi connectivity index (χ1) is 12.5. The zero-order valence-corrected chi connectivity index (χ0v) is 15.6. The molecule has 2 heterocycles. The first kappa shape index (κ1) is 18.4. The summed E-state index contributed by atoms with van der Waals surface area (Å²) >= 11 is 0. The highest BCUT2D eigenvalue weighted by Crippen LogP contribution is 2.22. The number of carbonyl (C=O) groups is 3. The Hall–Kier alpha value is -2.37. The summed E-state index contributed by atoms with van der Waals surface area (Å²) in [6.45, 7) is 6.83. The summed E-state index contributed by atoms with van der Waals surface area (Å²) in [4.78, 5) is 42.2. The fraction of sp³-hybridized carbons (Fsp3) is 0.550. The van der Waals surface area contributed by atoms with Crippen LogP contribution in [0.1, 0.15) is 43.5 Å². The second-order valence-corrected chi connectivity index (χ2v) is 7.32. The maximum atomic E-state index is 12.7. The predicted octanol–water partition coefficient (Wildman–Crippen LogP) is 2.14. The zero-order valence-electron chi connectivity index (χ0n) is 15.6. The standard InChI is InChI=1S/C20H27N3O3/c1-15(2)19(25)21-11-13-22(14-12-21)20(26)16-6-8-17(9-7-16)23-10-4-3-5-18(23)24/h6-9,15H,3-5,10-14H2,1-2H3. The summed E-state index contributed by atoms with van der Waals surface area (Å²) in [5.41, 5.74) is 1.49. The fourth-order valence-corrected chi connectivity index (χ4v) is 3.54. The van der Waals surface area contributed by atoms with Crippen molar-refractivity contribution in [1.82, 2.24) is 9.80 Å². The molecule has 3 amide bonds. The SMILES string of the molecule is CC(C)C(=O)N1CCN(C(=O)c2ccc(N3CCCCC3=O)cc2)CC1. The third-order valence-corrected chi connectivity index (χ3v) is 5.12. The number of amides is 3. The monoisotopic (exact) mass is 357 g/mol. The van der Waals surface area contributed by atoms with Crippen LogP contribution in [0, 0.1) is 5.92 Å². The van der Waals surface area contributed by atoms with E-state index in [0.29, 0.717) is 38.2 Å². The molecule has 1 aromatic carbocycles. The molecular formula is C20H27N3O3. The molecule has 6 heteroatoms. The van der Waals surface area contributed by atoms with Gasteiger partial charge in [-0.3, -0.25) is 14.4 Å². The van der Waals surface area contributed by atoms with Crippen molar-refractivity contribution in [3.05, 3.63) is 29.8 Å². The lowest BCUT2D eigenvalue weighted by Gasteiger charge is -2.35. The van der Waals surface area contributed by atoms with Gasteiger partial charge in [-0.15, -0.1) is 0 Å². The van der Waals surface area contributed by atoms with Crippen molar-refractivity contribution in [2.45, 2.75) is 33.1 Å². The first-order valence-electron chi connectivity index (χ1n) is 9.46. The van der Waals surface area contributed by atoms with Gasteiger partial charge >= 0.3 is 0 Å². The molecule has 140 valence electrons. The molecule has 26 heavy (non-hydrogen) atoms. The van der Waals surface area contributed by atoms with E-state index >= 15 is 0 Å². The third kappa shape index (κ3) is 3.89. The number of hydrogen-bond acceptors (Lipinski definition) is 3. The summed E-state index contributed by atoms with van der Waals surface area (Å²) in [6.07, 6.45) is 2.57. The van der Waals surface area contributed by atoms with Gasteiger partial charge in [-0.1, -0.05) is 13.8 Å². The maximum absolute atomic E-state index is 12.7. The van der Waals surface area contributed by atoms with Crippen LogP contribution in [0.25, 0.3) is 0 Å². The highest BCUT2D eigenvalue weighted by Gasteiger charge is 2.26. The Bertz CT molecular complexity index is 676. The van der Waals surface area contributed by atoms with Crippen molar-refractivity contribution in [1.29, 1.82) is 0 Å². The van der Waals surface area contributed by atoms with E-state index in [1.54, 1.807) is 21.9 Å². The van der Waals surface area contributed by atoms with Crippen LogP contribution in [0.2, 0.25) is 0 Å². The summed E-state index contributed by atoms with van der Waals surface area (Å²) in [6, 6.07) is 7.31. The Morgan fingerprint density at radius 2 is 1.50 bits per heavy atom. The van der Waals surface area contributed by atoms with Crippen LogP contribution >= 0.6 is 0 Å². The van der Waals surface area contributed by atoms with Gasteiger partial charge in [0, 0.05) is 56.3 Å². The minimum Gasteiger partial charge on any atom is -0.339 e. The Balaban J connectivity index is 1.60. The number of hydrogen-bond donors (Lipinski definition) is 0. The van der Waals surface area contributed by atoms with Crippen LogP contribution in [-0.4, -0.2) is 60.2 Å². The van der Waals surface area contributed by atoms with Crippen LogP contribution < -0.4 is 4.90 Å². The number of anilines is 1. The lowest BCUT2D eigenvalue weighted by molar-refractivity contribution is -0.135. The predicted molar refractivity (Wildman–Crippen MR) is 100.0 cm³/mol. The molecule has 0 radical (unpaired) electrons. The summed E-state index contributed by atoms with van der Waals surface area (Å²) in [5.74, 6) is 0.273. The van der Waals surface area contributed by atoms with Crippen molar-refractivity contribution >= 4 is 23.4 Å². The third-order valence-electron chi connectivity index (χ3n) is 5.12. The molecule has 2 fully saturated rings. The molecule has 0 N–H and O–H groups in total. The number of rotatable bonds is 3. The van der Waals surface area contributed by atoms with Gasteiger partial charge in [-0.25, -0.2) is 0 Å². The van der Waals surface area contributed by atoms with Gasteiger partial charge in [0.25, 0.3) is 5.91 Å². The van der Waals surface area contributed by atoms with Gasteiger partial charge in [0.05, 0.1) is 0 Å². The van der Waals surface area contributed by atoms with Gasteiger partial charge in [0.15, 0.2) is 0 Å². The molecule has 2 aliphatic heterocycles. The number of piperazine rings is 1. The van der Waals surface area contributed by atoms with E-state index in [0.717, 1.165) is 25.1 Å². The van der Waals surface area contributed by atoms with Gasteiger partial charge in [0.1, 0.15) is 0 Å². The highest BCUT2D eigenvalue weighted by molar-refractivity contribution is 5.97. The average molecular weight is 357 g/mol. The number of carbonyl (C=O) groups excluding carboxylic acids is 3. The van der Waals surface area contributed by atoms with Crippen LogP contribution in [0.3, 0.4) is 0 Å².